The van der Waals surface area contributed by atoms with Gasteiger partial charge in [-0.05, 0) is 18.7 Å². The molecule has 0 aromatic carbocycles. The maximum Gasteiger partial charge on any atom is 0.306 e. The van der Waals surface area contributed by atoms with Crippen molar-refractivity contribution < 1.29 is 9.53 Å². The van der Waals surface area contributed by atoms with Gasteiger partial charge in [0, 0.05) is 18.0 Å². The van der Waals surface area contributed by atoms with Gasteiger partial charge in [-0.15, -0.1) is 11.3 Å². The summed E-state index contributed by atoms with van der Waals surface area (Å²) in [6.45, 7) is 4.54. The molecular weight excluding hydrogens is 246 g/mol. The van der Waals surface area contributed by atoms with Crippen LogP contribution in [0, 0.1) is 0 Å². The maximum atomic E-state index is 11.0. The first-order valence-corrected chi connectivity index (χ1v) is 6.38. The van der Waals surface area contributed by atoms with Gasteiger partial charge in [-0.3, -0.25) is 9.69 Å². The minimum absolute atomic E-state index is 0.164. The molecule has 5 heteroatoms. The Morgan fingerprint density at radius 2 is 2.31 bits per heavy atom. The van der Waals surface area contributed by atoms with Gasteiger partial charge in [0.15, 0.2) is 0 Å². The lowest BCUT2D eigenvalue weighted by Gasteiger charge is -2.18. The SMILES string of the molecule is CCN(CCC(=O)OC)Cc1ccc(Cl)s1. The van der Waals surface area contributed by atoms with Crippen molar-refractivity contribution in [3.05, 3.63) is 21.3 Å². The Morgan fingerprint density at radius 3 is 2.81 bits per heavy atom. The van der Waals surface area contributed by atoms with E-state index in [0.717, 1.165) is 24.0 Å². The first-order chi connectivity index (χ1) is 7.65. The smallest absolute Gasteiger partial charge is 0.306 e. The molecule has 0 spiro atoms. The molecule has 0 amide bonds. The van der Waals surface area contributed by atoms with E-state index in [2.05, 4.69) is 16.6 Å². The summed E-state index contributed by atoms with van der Waals surface area (Å²) in [5.74, 6) is -0.164. The van der Waals surface area contributed by atoms with Gasteiger partial charge in [0.2, 0.25) is 0 Å². The van der Waals surface area contributed by atoms with E-state index in [1.165, 1.54) is 12.0 Å². The Kier molecular flexibility index (Phi) is 5.80. The standard InChI is InChI=1S/C11H16ClNO2S/c1-3-13(7-6-11(14)15-2)8-9-4-5-10(12)16-9/h4-5H,3,6-8H2,1-2H3. The average molecular weight is 262 g/mol. The molecule has 0 atom stereocenters. The molecule has 0 radical (unpaired) electrons. The fraction of sp³-hybridized carbons (Fsp3) is 0.545. The van der Waals surface area contributed by atoms with Crippen LogP contribution in [0.5, 0.6) is 0 Å². The summed E-state index contributed by atoms with van der Waals surface area (Å²) >= 11 is 7.44. The van der Waals surface area contributed by atoms with Crippen LogP contribution in [0.4, 0.5) is 0 Å². The highest BCUT2D eigenvalue weighted by Gasteiger charge is 2.08. The third-order valence-electron chi connectivity index (χ3n) is 2.32. The molecule has 0 aliphatic carbocycles. The Morgan fingerprint density at radius 1 is 1.56 bits per heavy atom. The molecule has 1 rings (SSSR count). The summed E-state index contributed by atoms with van der Waals surface area (Å²) < 4.78 is 5.42. The molecule has 0 saturated carbocycles. The molecule has 0 aliphatic rings. The molecule has 1 heterocycles. The largest absolute Gasteiger partial charge is 0.469 e. The van der Waals surface area contributed by atoms with Crippen molar-refractivity contribution in [3.8, 4) is 0 Å². The summed E-state index contributed by atoms with van der Waals surface area (Å²) in [4.78, 5) is 14.4. The quantitative estimate of drug-likeness (QED) is 0.738. The Balaban J connectivity index is 2.40. The minimum Gasteiger partial charge on any atom is -0.469 e. The highest BCUT2D eigenvalue weighted by Crippen LogP contribution is 2.22. The molecule has 0 fully saturated rings. The number of halogens is 1. The van der Waals surface area contributed by atoms with E-state index in [0.29, 0.717) is 6.42 Å². The maximum absolute atomic E-state index is 11.0. The van der Waals surface area contributed by atoms with Crippen LogP contribution in [0.1, 0.15) is 18.2 Å². The van der Waals surface area contributed by atoms with Crippen LogP contribution in [0.2, 0.25) is 4.34 Å². The minimum atomic E-state index is -0.164. The number of thiophene rings is 1. The molecule has 0 unspecified atom stereocenters. The topological polar surface area (TPSA) is 29.5 Å². The van der Waals surface area contributed by atoms with Gasteiger partial charge in [0.05, 0.1) is 17.9 Å². The van der Waals surface area contributed by atoms with Crippen LogP contribution < -0.4 is 0 Å². The average Bonchev–Trinajstić information content (AvgIpc) is 2.69. The number of rotatable bonds is 6. The number of esters is 1. The molecule has 1 aromatic heterocycles. The van der Waals surface area contributed by atoms with Crippen molar-refractivity contribution >= 4 is 28.9 Å². The number of hydrogen-bond donors (Lipinski definition) is 0. The third-order valence-corrected chi connectivity index (χ3v) is 3.53. The first kappa shape index (κ1) is 13.5. The van der Waals surface area contributed by atoms with E-state index >= 15 is 0 Å². The van der Waals surface area contributed by atoms with Crippen molar-refractivity contribution in [3.63, 3.8) is 0 Å². The van der Waals surface area contributed by atoms with Crippen LogP contribution >= 0.6 is 22.9 Å². The van der Waals surface area contributed by atoms with Crippen molar-refractivity contribution in [2.45, 2.75) is 19.9 Å². The summed E-state index contributed by atoms with van der Waals surface area (Å²) in [7, 11) is 1.41. The third kappa shape index (κ3) is 4.51. The Hall–Kier alpha value is -0.580. The predicted octanol–water partition coefficient (Wildman–Crippen LogP) is 2.79. The zero-order valence-corrected chi connectivity index (χ0v) is 11.1. The van der Waals surface area contributed by atoms with Crippen LogP contribution in [0.3, 0.4) is 0 Å². The number of ether oxygens (including phenoxy) is 1. The highest BCUT2D eigenvalue weighted by atomic mass is 35.5. The molecule has 0 bridgehead atoms. The van der Waals surface area contributed by atoms with Crippen LogP contribution in [-0.4, -0.2) is 31.1 Å². The number of hydrogen-bond acceptors (Lipinski definition) is 4. The summed E-state index contributed by atoms with van der Waals surface area (Å²) in [6, 6.07) is 3.92. The summed E-state index contributed by atoms with van der Waals surface area (Å²) in [5, 5.41) is 0. The molecule has 90 valence electrons. The Labute approximate surface area is 105 Å². The monoisotopic (exact) mass is 261 g/mol. The molecule has 16 heavy (non-hydrogen) atoms. The number of carbonyl (C=O) groups is 1. The van der Waals surface area contributed by atoms with Gasteiger partial charge >= 0.3 is 5.97 Å². The lowest BCUT2D eigenvalue weighted by Crippen LogP contribution is -2.25. The zero-order valence-electron chi connectivity index (χ0n) is 9.53. The lowest BCUT2D eigenvalue weighted by atomic mass is 10.3. The molecule has 0 saturated heterocycles. The lowest BCUT2D eigenvalue weighted by molar-refractivity contribution is -0.141. The van der Waals surface area contributed by atoms with Crippen LogP contribution in [-0.2, 0) is 16.1 Å². The number of nitrogens with zero attached hydrogens (tertiary/aromatic N) is 1. The fourth-order valence-electron chi connectivity index (χ4n) is 1.36. The van der Waals surface area contributed by atoms with Crippen LogP contribution in [0.15, 0.2) is 12.1 Å². The van der Waals surface area contributed by atoms with Gasteiger partial charge in [0.25, 0.3) is 0 Å². The van der Waals surface area contributed by atoms with Crippen molar-refractivity contribution in [2.75, 3.05) is 20.2 Å². The molecule has 0 N–H and O–H groups in total. The molecule has 3 nitrogen and oxygen atoms in total. The second-order valence-electron chi connectivity index (χ2n) is 3.40. The van der Waals surface area contributed by atoms with Gasteiger partial charge < -0.3 is 4.74 Å². The van der Waals surface area contributed by atoms with Crippen molar-refractivity contribution in [2.24, 2.45) is 0 Å². The van der Waals surface area contributed by atoms with E-state index in [-0.39, 0.29) is 5.97 Å². The molecular formula is C11H16ClNO2S. The van der Waals surface area contributed by atoms with Gasteiger partial charge in [-0.25, -0.2) is 0 Å². The summed E-state index contributed by atoms with van der Waals surface area (Å²) in [5.41, 5.74) is 0. The fourth-order valence-corrected chi connectivity index (χ4v) is 2.49. The summed E-state index contributed by atoms with van der Waals surface area (Å²) in [6.07, 6.45) is 0.434. The van der Waals surface area contributed by atoms with Gasteiger partial charge in [-0.1, -0.05) is 18.5 Å². The Bertz CT molecular complexity index is 340. The predicted molar refractivity (Wildman–Crippen MR) is 66.9 cm³/mol. The van der Waals surface area contributed by atoms with Crippen molar-refractivity contribution in [1.82, 2.24) is 4.90 Å². The van der Waals surface area contributed by atoms with Gasteiger partial charge in [0.1, 0.15) is 0 Å². The first-order valence-electron chi connectivity index (χ1n) is 5.19. The molecule has 0 aliphatic heterocycles. The zero-order chi connectivity index (χ0) is 12.0. The second-order valence-corrected chi connectivity index (χ2v) is 5.20. The number of methoxy groups -OCH3 is 1. The van der Waals surface area contributed by atoms with E-state index in [1.54, 1.807) is 11.3 Å². The second kappa shape index (κ2) is 6.89. The van der Waals surface area contributed by atoms with Crippen LogP contribution in [0.25, 0.3) is 0 Å². The van der Waals surface area contributed by atoms with E-state index < -0.39 is 0 Å². The van der Waals surface area contributed by atoms with E-state index in [9.17, 15) is 4.79 Å². The van der Waals surface area contributed by atoms with E-state index in [1.807, 2.05) is 12.1 Å². The van der Waals surface area contributed by atoms with E-state index in [4.69, 9.17) is 11.6 Å². The number of carbonyl (C=O) groups excluding carboxylic acids is 1. The van der Waals surface area contributed by atoms with Crippen molar-refractivity contribution in [1.29, 1.82) is 0 Å². The van der Waals surface area contributed by atoms with Gasteiger partial charge in [-0.2, -0.15) is 0 Å². The highest BCUT2D eigenvalue weighted by molar-refractivity contribution is 7.16. The normalized spacial score (nSPS) is 10.8. The molecule has 1 aromatic rings.